The number of fused-ring (bicyclic) bond motifs is 4. The van der Waals surface area contributed by atoms with Crippen molar-refractivity contribution in [3.05, 3.63) is 84.0 Å². The van der Waals surface area contributed by atoms with Crippen LogP contribution in [-0.2, 0) is 0 Å². The van der Waals surface area contributed by atoms with Gasteiger partial charge in [0.2, 0.25) is 0 Å². The molecule has 0 radical (unpaired) electrons. The van der Waals surface area contributed by atoms with E-state index < -0.39 is 0 Å². The Balaban J connectivity index is 2.00. The van der Waals surface area contributed by atoms with Crippen molar-refractivity contribution in [1.82, 2.24) is 0 Å². The largest absolute Gasteiger partial charge is 0.139 e. The zero-order chi connectivity index (χ0) is 60.9. The zero-order valence-corrected chi connectivity index (χ0v) is 58.3. The number of hydrogen-bond acceptors (Lipinski definition) is 0. The second kappa shape index (κ2) is 25.2. The van der Waals surface area contributed by atoms with Gasteiger partial charge in [0.15, 0.2) is 0 Å². The molecule has 0 amide bonds. The maximum absolute atomic E-state index is 2.73. The molecule has 0 saturated carbocycles. The van der Waals surface area contributed by atoms with Crippen LogP contribution in [0.15, 0.2) is 6.07 Å². The predicted molar refractivity (Wildman–Crippen MR) is 457 cm³/mol. The summed E-state index contributed by atoms with van der Waals surface area (Å²) in [7, 11) is 50.4. The molecule has 33 heteroatoms. The second-order valence-corrected chi connectivity index (χ2v) is 28.8. The molecule has 0 aliphatic carbocycles. The molecular weight excluding hydrogens is 933 g/mol. The number of rotatable bonds is 17. The molecule has 0 bridgehead atoms. The molecule has 0 fully saturated rings. The maximum atomic E-state index is 2.73. The lowest BCUT2D eigenvalue weighted by Gasteiger charge is -2.42. The monoisotopic (exact) mass is 1020 g/mol. The van der Waals surface area contributed by atoms with E-state index in [0.29, 0.717) is 70.8 Å². The van der Waals surface area contributed by atoms with E-state index in [2.05, 4.69) is 242 Å². The molecule has 7 rings (SSSR count). The highest BCUT2D eigenvalue weighted by molar-refractivity contribution is 7.89. The van der Waals surface area contributed by atoms with E-state index in [1.54, 1.807) is 54.6 Å². The van der Waals surface area contributed by atoms with Gasteiger partial charge in [0.1, 0.15) is 15.0 Å². The van der Waals surface area contributed by atoms with E-state index in [4.69, 9.17) is 0 Å². The molecule has 0 unspecified atom stereocenters. The Morgan fingerprint density at radius 3 is 1.21 bits per heavy atom. The van der Waals surface area contributed by atoms with Crippen LogP contribution in [0.4, 0.5) is 0 Å². The molecule has 0 aliphatic rings. The highest BCUT2D eigenvalue weighted by Gasteiger charge is 2.43. The molecule has 7 aromatic rings. The Morgan fingerprint density at radius 2 is 0.765 bits per heavy atom. The Labute approximate surface area is 519 Å². The maximum Gasteiger partial charge on any atom is 0.139 e. The van der Waals surface area contributed by atoms with Gasteiger partial charge in [-0.2, -0.15) is 0 Å². The van der Waals surface area contributed by atoms with Crippen LogP contribution in [0.3, 0.4) is 0 Å². The number of benzene rings is 7. The molecule has 0 N–H and O–H groups in total. The van der Waals surface area contributed by atoms with E-state index in [-0.39, 0.29) is 0 Å². The van der Waals surface area contributed by atoms with Crippen molar-refractivity contribution in [2.45, 2.75) is 96.9 Å². The first-order valence-electron chi connectivity index (χ1n) is 32.9. The van der Waals surface area contributed by atoms with Crippen molar-refractivity contribution in [3.63, 3.8) is 0 Å². The quantitative estimate of drug-likeness (QED) is 0.0630. The van der Waals surface area contributed by atoms with E-state index in [9.17, 15) is 0 Å². The molecule has 0 heterocycles. The zero-order valence-electron chi connectivity index (χ0n) is 58.3. The molecule has 0 nitrogen and oxygen atoms in total. The van der Waals surface area contributed by atoms with Gasteiger partial charge in [-0.25, -0.2) is 0 Å². The van der Waals surface area contributed by atoms with Gasteiger partial charge in [-0.05, 0) is 246 Å². The van der Waals surface area contributed by atoms with E-state index in [1.807, 2.05) is 0 Å². The second-order valence-electron chi connectivity index (χ2n) is 28.8. The van der Waals surface area contributed by atoms with Crippen LogP contribution in [0.25, 0.3) is 65.3 Å². The molecule has 0 aromatic heterocycles. The van der Waals surface area contributed by atoms with Crippen molar-refractivity contribution in [2.24, 2.45) is 0 Å². The molecule has 0 aliphatic heterocycles. The van der Waals surface area contributed by atoms with Crippen molar-refractivity contribution in [3.8, 4) is 22.3 Å². The Bertz CT molecular complexity index is 3680. The molecule has 7 aromatic carbocycles. The normalized spacial score (nSPS) is 11.2. The first-order chi connectivity index (χ1) is 37.8. The summed E-state index contributed by atoms with van der Waals surface area (Å²) in [6.45, 7) is 36.0. The predicted octanol–water partition coefficient (Wildman–Crippen LogP) is -15.1. The third kappa shape index (κ3) is 10.5. The summed E-state index contributed by atoms with van der Waals surface area (Å²) in [5.41, 5.74) is 37.6. The fraction of sp³-hybridized carbons (Fsp3) is 0.292. The van der Waals surface area contributed by atoms with Gasteiger partial charge in [-0.15, -0.1) is 10.9 Å². The minimum absolute atomic E-state index is 0.319. The fourth-order valence-electron chi connectivity index (χ4n) is 17.2. The highest BCUT2D eigenvalue weighted by atomic mass is 14.3. The van der Waals surface area contributed by atoms with Gasteiger partial charge in [0, 0.05) is 45.4 Å². The summed E-state index contributed by atoms with van der Waals surface area (Å²) < 4.78 is 0. The Hall–Kier alpha value is -2.28. The van der Waals surface area contributed by atoms with Crippen LogP contribution in [0, 0.1) is 96.9 Å². The third-order valence-electron chi connectivity index (χ3n) is 23.1. The van der Waals surface area contributed by atoms with Crippen LogP contribution in [-0.4, -0.2) is 239 Å². The van der Waals surface area contributed by atoms with Crippen molar-refractivity contribution >= 4 is 320 Å². The van der Waals surface area contributed by atoms with Gasteiger partial charge in [-0.3, -0.25) is 0 Å². The molecule has 0 saturated heterocycles. The lowest BCUT2D eigenvalue weighted by molar-refractivity contribution is 1.23. The minimum atomic E-state index is 0.319. The van der Waals surface area contributed by atoms with Gasteiger partial charge in [0.25, 0.3) is 0 Å². The smallest absolute Gasteiger partial charge is 0.113 e. The van der Waals surface area contributed by atoms with Crippen LogP contribution in [0.2, 0.25) is 0 Å². The highest BCUT2D eigenvalue weighted by Crippen LogP contribution is 2.51. The summed E-state index contributed by atoms with van der Waals surface area (Å²) in [6, 6.07) is 2.73. The molecular formula is C48H83B33. The Morgan fingerprint density at radius 1 is 0.321 bits per heavy atom. The summed E-state index contributed by atoms with van der Waals surface area (Å²) in [4.78, 5) is 0. The van der Waals surface area contributed by atoms with Crippen molar-refractivity contribution in [2.75, 3.05) is 0 Å². The summed E-state index contributed by atoms with van der Waals surface area (Å²) >= 11 is 0. The van der Waals surface area contributed by atoms with Crippen molar-refractivity contribution in [1.29, 1.82) is 0 Å². The lowest BCUT2D eigenvalue weighted by Crippen LogP contribution is -2.80. The van der Waals surface area contributed by atoms with Gasteiger partial charge in [-0.1, -0.05) is 27.3 Å². The van der Waals surface area contributed by atoms with Crippen LogP contribution in [0.5, 0.6) is 0 Å². The van der Waals surface area contributed by atoms with Crippen LogP contribution >= 0.6 is 0 Å². The standard InChI is InChI=1S/C48H83B33/c1-16-17(2)24(9)35-30(21(16)6)15-31-36(38(35)34-28(13)27(12)32-22(7)18(3)19(4)23(8)33(32)29(34)14)25(10)20(5)26(11)37(31)40-43(67-50)42(49)39-41(44(40)71(54)68-51)45(72(55)76(56)57)47(73(69-52)77(58)59)48(74(78(60)61)79(62)63)46(39)75(80(64)65)81(66)70-53/h15,67-70H,49-66H2,1-14H3. The van der Waals surface area contributed by atoms with Gasteiger partial charge >= 0.3 is 0 Å². The van der Waals surface area contributed by atoms with E-state index in [1.165, 1.54) is 134 Å². The van der Waals surface area contributed by atoms with Crippen LogP contribution in [0.1, 0.15) is 77.9 Å². The first kappa shape index (κ1) is 66.3. The molecule has 374 valence electrons. The van der Waals surface area contributed by atoms with Gasteiger partial charge < -0.3 is 0 Å². The average Bonchev–Trinajstić information content (AvgIpc) is 2.46. The first-order valence-corrected chi connectivity index (χ1v) is 32.9. The lowest BCUT2D eigenvalue weighted by atomic mass is 8.66. The fourth-order valence-corrected chi connectivity index (χ4v) is 17.2. The molecule has 0 spiro atoms. The SMILES string of the molecule is BBB(B)B(B(B)B)c1c(B(B(B)B)B(B)B)c(B(BB)B(B)B)c(B(B)B(B)B)c2c(B(B)BB)c(-c3c(C)c(C)c(C)c4c(-c5c(C)c(C)c6c(C)c(C)c(C)c(C)c6c5C)c5c(C)c(C)c(C)c(C)c5cc34)c(BB)c(B)c12. The third-order valence-corrected chi connectivity index (χ3v) is 23.1. The minimum Gasteiger partial charge on any atom is -0.113 e. The summed E-state index contributed by atoms with van der Waals surface area (Å²) in [5.74, 6) is 0. The average molecular weight is 1020 g/mol. The topological polar surface area (TPSA) is 0 Å². The number of aryl methyl sites for hydroxylation is 7. The van der Waals surface area contributed by atoms with Gasteiger partial charge in [0.05, 0.1) is 178 Å². The van der Waals surface area contributed by atoms with E-state index in [0.717, 1.165) is 21.3 Å². The summed E-state index contributed by atoms with van der Waals surface area (Å²) in [5, 5.41) is 11.9. The summed E-state index contributed by atoms with van der Waals surface area (Å²) in [6.07, 6.45) is 3.00. The van der Waals surface area contributed by atoms with Crippen LogP contribution < -0.4 is 38.2 Å². The van der Waals surface area contributed by atoms with Crippen molar-refractivity contribution < 1.29 is 0 Å². The molecule has 81 heavy (non-hydrogen) atoms. The Kier molecular flexibility index (Phi) is 20.6. The molecule has 0 atom stereocenters. The van der Waals surface area contributed by atoms with E-state index >= 15 is 0 Å². The number of hydrogen-bond donors (Lipinski definition) is 0.